The SMILES string of the molecule is COCC(=O)Nc1cc(Oc2ccc(CC(=O)Nc3c4c(nn3-c3ccc(C)cc3)C(C)(C)CC4)cc2)ccn1. The molecule has 0 bridgehead atoms. The Morgan fingerprint density at radius 1 is 0.975 bits per heavy atom. The Morgan fingerprint density at radius 3 is 2.45 bits per heavy atom. The van der Waals surface area contributed by atoms with Crippen molar-refractivity contribution in [3.05, 3.63) is 89.2 Å². The fraction of sp³-hybridized carbons (Fsp3) is 0.290. The summed E-state index contributed by atoms with van der Waals surface area (Å²) >= 11 is 0. The van der Waals surface area contributed by atoms with Crippen molar-refractivity contribution in [2.75, 3.05) is 24.4 Å². The van der Waals surface area contributed by atoms with E-state index >= 15 is 0 Å². The molecular formula is C31H33N5O4. The number of ether oxygens (including phenoxy) is 2. The zero-order valence-electron chi connectivity index (χ0n) is 23.2. The van der Waals surface area contributed by atoms with Crippen LogP contribution >= 0.6 is 0 Å². The first-order chi connectivity index (χ1) is 19.2. The fourth-order valence-electron chi connectivity index (χ4n) is 4.81. The van der Waals surface area contributed by atoms with Gasteiger partial charge in [-0.15, -0.1) is 0 Å². The van der Waals surface area contributed by atoms with Crippen LogP contribution in [0, 0.1) is 6.92 Å². The number of rotatable bonds is 9. The molecule has 0 saturated heterocycles. The van der Waals surface area contributed by atoms with E-state index in [2.05, 4.69) is 29.5 Å². The number of nitrogens with zero attached hydrogens (tertiary/aromatic N) is 3. The maximum Gasteiger partial charge on any atom is 0.251 e. The Balaban J connectivity index is 1.27. The summed E-state index contributed by atoms with van der Waals surface area (Å²) in [6.07, 6.45) is 3.64. The lowest BCUT2D eigenvalue weighted by Crippen LogP contribution is -2.18. The van der Waals surface area contributed by atoms with Crippen molar-refractivity contribution in [2.45, 2.75) is 45.4 Å². The monoisotopic (exact) mass is 539 g/mol. The zero-order valence-corrected chi connectivity index (χ0v) is 23.2. The molecule has 1 aliphatic rings. The molecule has 0 unspecified atom stereocenters. The second kappa shape index (κ2) is 11.3. The number of methoxy groups -OCH3 is 1. The van der Waals surface area contributed by atoms with E-state index in [4.69, 9.17) is 14.6 Å². The van der Waals surface area contributed by atoms with Crippen LogP contribution < -0.4 is 15.4 Å². The average molecular weight is 540 g/mol. The first-order valence-electron chi connectivity index (χ1n) is 13.2. The molecule has 2 heterocycles. The molecule has 4 aromatic rings. The Labute approximate surface area is 233 Å². The first-order valence-corrected chi connectivity index (χ1v) is 13.2. The van der Waals surface area contributed by atoms with Gasteiger partial charge in [-0.25, -0.2) is 9.67 Å². The van der Waals surface area contributed by atoms with E-state index in [1.165, 1.54) is 12.7 Å². The molecule has 40 heavy (non-hydrogen) atoms. The van der Waals surface area contributed by atoms with Crippen LogP contribution in [0.4, 0.5) is 11.6 Å². The normalized spacial score (nSPS) is 13.5. The van der Waals surface area contributed by atoms with Crippen molar-refractivity contribution in [2.24, 2.45) is 0 Å². The van der Waals surface area contributed by atoms with Crippen molar-refractivity contribution in [1.82, 2.24) is 14.8 Å². The molecule has 1 aliphatic carbocycles. The topological polar surface area (TPSA) is 107 Å². The number of carbonyl (C=O) groups is 2. The summed E-state index contributed by atoms with van der Waals surface area (Å²) in [5.41, 5.74) is 5.06. The van der Waals surface area contributed by atoms with Crippen molar-refractivity contribution < 1.29 is 19.1 Å². The number of aryl methyl sites for hydroxylation is 1. The number of amides is 2. The molecule has 0 radical (unpaired) electrons. The predicted molar refractivity (Wildman–Crippen MR) is 153 cm³/mol. The number of hydrogen-bond donors (Lipinski definition) is 2. The van der Waals surface area contributed by atoms with Gasteiger partial charge in [0.25, 0.3) is 5.91 Å². The quantitative estimate of drug-likeness (QED) is 0.297. The standard InChI is InChI=1S/C31H33N5O4/c1-20-5-9-22(10-6-20)36-30(25-13-15-31(2,3)29(25)35-36)34-27(37)17-21-7-11-23(12-8-21)40-24-14-16-32-26(18-24)33-28(38)19-39-4/h5-12,14,16,18H,13,15,17,19H2,1-4H3,(H,34,37)(H,32,33,38). The van der Waals surface area contributed by atoms with Crippen LogP contribution in [-0.2, 0) is 32.6 Å². The third kappa shape index (κ3) is 6.05. The summed E-state index contributed by atoms with van der Waals surface area (Å²) in [5, 5.41) is 10.7. The second-order valence-corrected chi connectivity index (χ2v) is 10.6. The number of carbonyl (C=O) groups excluding carboxylic acids is 2. The molecule has 2 amide bonds. The molecule has 5 rings (SSSR count). The highest BCUT2D eigenvalue weighted by Gasteiger charge is 2.36. The highest BCUT2D eigenvalue weighted by atomic mass is 16.5. The van der Waals surface area contributed by atoms with Gasteiger partial charge in [0.15, 0.2) is 0 Å². The van der Waals surface area contributed by atoms with Crippen LogP contribution in [0.3, 0.4) is 0 Å². The van der Waals surface area contributed by atoms with E-state index < -0.39 is 0 Å². The number of hydrogen-bond acceptors (Lipinski definition) is 6. The minimum absolute atomic E-state index is 0.0360. The van der Waals surface area contributed by atoms with E-state index in [9.17, 15) is 9.59 Å². The van der Waals surface area contributed by atoms with Gasteiger partial charge in [-0.1, -0.05) is 43.7 Å². The van der Waals surface area contributed by atoms with Gasteiger partial charge in [0.05, 0.1) is 17.8 Å². The molecule has 0 atom stereocenters. The molecule has 9 heteroatoms. The van der Waals surface area contributed by atoms with Crippen molar-refractivity contribution in [3.63, 3.8) is 0 Å². The molecule has 2 aromatic carbocycles. The zero-order chi connectivity index (χ0) is 28.3. The van der Waals surface area contributed by atoms with Crippen LogP contribution in [0.2, 0.25) is 0 Å². The van der Waals surface area contributed by atoms with Gasteiger partial charge in [-0.05, 0) is 55.7 Å². The van der Waals surface area contributed by atoms with E-state index in [0.29, 0.717) is 17.3 Å². The lowest BCUT2D eigenvalue weighted by Gasteiger charge is -2.16. The lowest BCUT2D eigenvalue weighted by molar-refractivity contribution is -0.119. The summed E-state index contributed by atoms with van der Waals surface area (Å²) in [6.45, 7) is 6.39. The van der Waals surface area contributed by atoms with Gasteiger partial charge in [-0.2, -0.15) is 5.10 Å². The molecular weight excluding hydrogens is 506 g/mol. The van der Waals surface area contributed by atoms with Gasteiger partial charge < -0.3 is 20.1 Å². The van der Waals surface area contributed by atoms with Crippen molar-refractivity contribution >= 4 is 23.5 Å². The summed E-state index contributed by atoms with van der Waals surface area (Å²) in [5.74, 6) is 1.83. The molecule has 0 fully saturated rings. The van der Waals surface area contributed by atoms with Gasteiger partial charge in [-0.3, -0.25) is 9.59 Å². The highest BCUT2D eigenvalue weighted by molar-refractivity contribution is 5.93. The maximum atomic E-state index is 13.2. The number of pyridine rings is 1. The molecule has 2 aromatic heterocycles. The number of nitrogens with one attached hydrogen (secondary N) is 2. The molecule has 206 valence electrons. The fourth-order valence-corrected chi connectivity index (χ4v) is 4.81. The van der Waals surface area contributed by atoms with Gasteiger partial charge in [0.1, 0.15) is 29.7 Å². The van der Waals surface area contributed by atoms with Gasteiger partial charge in [0.2, 0.25) is 5.91 Å². The van der Waals surface area contributed by atoms with Gasteiger partial charge >= 0.3 is 0 Å². The van der Waals surface area contributed by atoms with Crippen LogP contribution in [0.25, 0.3) is 5.69 Å². The van der Waals surface area contributed by atoms with Crippen LogP contribution in [-0.4, -0.2) is 40.3 Å². The van der Waals surface area contributed by atoms with E-state index in [-0.39, 0.29) is 30.3 Å². The molecule has 9 nitrogen and oxygen atoms in total. The third-order valence-corrected chi connectivity index (χ3v) is 6.96. The lowest BCUT2D eigenvalue weighted by atomic mass is 9.91. The average Bonchev–Trinajstić information content (AvgIpc) is 3.43. The summed E-state index contributed by atoms with van der Waals surface area (Å²) in [6, 6.07) is 18.8. The van der Waals surface area contributed by atoms with Crippen LogP contribution in [0.5, 0.6) is 11.5 Å². The second-order valence-electron chi connectivity index (χ2n) is 10.6. The summed E-state index contributed by atoms with van der Waals surface area (Å²) < 4.78 is 12.6. The van der Waals surface area contributed by atoms with Gasteiger partial charge in [0, 0.05) is 30.4 Å². The minimum atomic E-state index is -0.301. The Kier molecular flexibility index (Phi) is 7.66. The number of benzene rings is 2. The number of fused-ring (bicyclic) bond motifs is 1. The van der Waals surface area contributed by atoms with E-state index in [1.807, 2.05) is 60.1 Å². The highest BCUT2D eigenvalue weighted by Crippen LogP contribution is 2.42. The molecule has 0 saturated carbocycles. The summed E-state index contributed by atoms with van der Waals surface area (Å²) in [7, 11) is 1.45. The van der Waals surface area contributed by atoms with Crippen LogP contribution in [0.1, 0.15) is 42.7 Å². The van der Waals surface area contributed by atoms with E-state index in [1.54, 1.807) is 18.3 Å². The number of aromatic nitrogens is 3. The maximum absolute atomic E-state index is 13.2. The Morgan fingerprint density at radius 2 is 1.73 bits per heavy atom. The Bertz CT molecular complexity index is 1520. The smallest absolute Gasteiger partial charge is 0.251 e. The number of anilines is 2. The summed E-state index contributed by atoms with van der Waals surface area (Å²) in [4.78, 5) is 29.1. The molecule has 0 spiro atoms. The molecule has 2 N–H and O–H groups in total. The predicted octanol–water partition coefficient (Wildman–Crippen LogP) is 5.36. The van der Waals surface area contributed by atoms with E-state index in [0.717, 1.165) is 41.2 Å². The largest absolute Gasteiger partial charge is 0.457 e. The molecule has 0 aliphatic heterocycles. The van der Waals surface area contributed by atoms with Crippen molar-refractivity contribution in [1.29, 1.82) is 0 Å². The Hall–Kier alpha value is -4.50. The minimum Gasteiger partial charge on any atom is -0.457 e. The van der Waals surface area contributed by atoms with Crippen molar-refractivity contribution in [3.8, 4) is 17.2 Å². The first kappa shape index (κ1) is 27.1. The van der Waals surface area contributed by atoms with Crippen LogP contribution in [0.15, 0.2) is 66.9 Å². The third-order valence-electron chi connectivity index (χ3n) is 6.96.